The van der Waals surface area contributed by atoms with Crippen LogP contribution in [0, 0.1) is 0 Å². The molecule has 0 saturated heterocycles. The second kappa shape index (κ2) is 5.62. The molecule has 72 valence electrons. The average molecular weight is 329 g/mol. The highest BCUT2D eigenvalue weighted by molar-refractivity contribution is 9.13. The monoisotopic (exact) mass is 327 g/mol. The van der Waals surface area contributed by atoms with Gasteiger partial charge in [0.2, 0.25) is 5.91 Å². The maximum absolute atomic E-state index is 10.6. The number of hydrogen-bond donors (Lipinski definition) is 1. The fourth-order valence-corrected chi connectivity index (χ4v) is 1.52. The largest absolute Gasteiger partial charge is 0.369 e. The molecule has 0 radical (unpaired) electrons. The molecule has 0 unspecified atom stereocenters. The van der Waals surface area contributed by atoms with Gasteiger partial charge in [-0.05, 0) is 49.6 Å². The van der Waals surface area contributed by atoms with Gasteiger partial charge in [-0.3, -0.25) is 4.79 Å². The predicted octanol–water partition coefficient (Wildman–Crippen LogP) is 2.66. The molecule has 0 bridgehead atoms. The van der Waals surface area contributed by atoms with Crippen LogP contribution in [0.15, 0.2) is 27.1 Å². The third-order valence-electron chi connectivity index (χ3n) is 1.36. The van der Waals surface area contributed by atoms with Gasteiger partial charge in [0.1, 0.15) is 0 Å². The number of halogens is 3. The molecule has 0 aliphatic carbocycles. The van der Waals surface area contributed by atoms with Gasteiger partial charge in [0.25, 0.3) is 0 Å². The molecular weight excluding hydrogens is 321 g/mol. The number of carbonyl (C=O) groups is 1. The first-order chi connectivity index (χ1) is 5.59. The maximum Gasteiger partial charge on any atom is 0.221 e. The van der Waals surface area contributed by atoms with Crippen LogP contribution in [0.1, 0.15) is 5.56 Å². The van der Waals surface area contributed by atoms with Crippen LogP contribution >= 0.6 is 44.3 Å². The summed E-state index contributed by atoms with van der Waals surface area (Å²) in [4.78, 5) is 10.6. The number of amides is 1. The second-order valence-electron chi connectivity index (χ2n) is 2.39. The van der Waals surface area contributed by atoms with E-state index in [4.69, 9.17) is 5.73 Å². The van der Waals surface area contributed by atoms with Crippen molar-refractivity contribution in [2.24, 2.45) is 5.73 Å². The molecule has 0 spiro atoms. The lowest BCUT2D eigenvalue weighted by Gasteiger charge is -1.99. The van der Waals surface area contributed by atoms with Crippen molar-refractivity contribution >= 4 is 50.2 Å². The first kappa shape index (κ1) is 12.9. The lowest BCUT2D eigenvalue weighted by Crippen LogP contribution is -2.13. The van der Waals surface area contributed by atoms with Crippen molar-refractivity contribution in [3.05, 3.63) is 32.7 Å². The van der Waals surface area contributed by atoms with Crippen LogP contribution in [0.3, 0.4) is 0 Å². The van der Waals surface area contributed by atoms with Gasteiger partial charge in [0, 0.05) is 8.95 Å². The predicted molar refractivity (Wildman–Crippen MR) is 62.0 cm³/mol. The molecule has 0 saturated carbocycles. The van der Waals surface area contributed by atoms with E-state index < -0.39 is 0 Å². The Balaban J connectivity index is 0.00000144. The third kappa shape index (κ3) is 4.11. The van der Waals surface area contributed by atoms with Crippen molar-refractivity contribution in [3.8, 4) is 0 Å². The van der Waals surface area contributed by atoms with Crippen molar-refractivity contribution in [1.29, 1.82) is 0 Å². The highest BCUT2D eigenvalue weighted by Crippen LogP contribution is 2.23. The van der Waals surface area contributed by atoms with E-state index in [-0.39, 0.29) is 24.7 Å². The summed E-state index contributed by atoms with van der Waals surface area (Å²) in [6.07, 6.45) is 0.284. The van der Waals surface area contributed by atoms with Gasteiger partial charge in [-0.15, -0.1) is 12.4 Å². The first-order valence-corrected chi connectivity index (χ1v) is 4.90. The van der Waals surface area contributed by atoms with Crippen LogP contribution in [0.5, 0.6) is 0 Å². The highest BCUT2D eigenvalue weighted by Gasteiger charge is 2.01. The Morgan fingerprint density at radius 3 is 2.38 bits per heavy atom. The van der Waals surface area contributed by atoms with E-state index in [0.29, 0.717) is 0 Å². The Hall–Kier alpha value is -0.0600. The quantitative estimate of drug-likeness (QED) is 0.891. The lowest BCUT2D eigenvalue weighted by molar-refractivity contribution is -0.117. The van der Waals surface area contributed by atoms with Crippen LogP contribution in [-0.4, -0.2) is 5.91 Å². The molecule has 1 aromatic rings. The summed E-state index contributed by atoms with van der Waals surface area (Å²) in [5.41, 5.74) is 5.96. The van der Waals surface area contributed by atoms with Crippen molar-refractivity contribution in [2.75, 3.05) is 0 Å². The van der Waals surface area contributed by atoms with E-state index in [0.717, 1.165) is 14.5 Å². The summed E-state index contributed by atoms with van der Waals surface area (Å²) in [6.45, 7) is 0. The minimum absolute atomic E-state index is 0. The third-order valence-corrected chi connectivity index (χ3v) is 3.24. The van der Waals surface area contributed by atoms with Gasteiger partial charge in [-0.2, -0.15) is 0 Å². The summed E-state index contributed by atoms with van der Waals surface area (Å²) in [5.74, 6) is -0.316. The number of carbonyl (C=O) groups excluding carboxylic acids is 1. The fourth-order valence-electron chi connectivity index (χ4n) is 0.851. The molecule has 0 aliphatic heterocycles. The second-order valence-corrected chi connectivity index (χ2v) is 4.10. The standard InChI is InChI=1S/C8H7Br2NO.ClH/c9-6-2-1-5(3-7(6)10)4-8(11)12;/h1-3H,4H2,(H2,11,12);1H. The molecule has 13 heavy (non-hydrogen) atoms. The summed E-state index contributed by atoms with van der Waals surface area (Å²) >= 11 is 6.67. The molecular formula is C8H8Br2ClNO. The molecule has 2 N–H and O–H groups in total. The highest BCUT2D eigenvalue weighted by atomic mass is 79.9. The van der Waals surface area contributed by atoms with Crippen LogP contribution in [0.2, 0.25) is 0 Å². The molecule has 0 atom stereocenters. The zero-order chi connectivity index (χ0) is 9.14. The molecule has 5 heteroatoms. The van der Waals surface area contributed by atoms with Gasteiger partial charge in [-0.25, -0.2) is 0 Å². The molecule has 0 aliphatic rings. The molecule has 0 heterocycles. The Kier molecular flexibility index (Phi) is 5.60. The van der Waals surface area contributed by atoms with Gasteiger partial charge >= 0.3 is 0 Å². The molecule has 2 nitrogen and oxygen atoms in total. The van der Waals surface area contributed by atoms with Gasteiger partial charge in [0.05, 0.1) is 6.42 Å². The summed E-state index contributed by atoms with van der Waals surface area (Å²) < 4.78 is 1.90. The summed E-state index contributed by atoms with van der Waals surface area (Å²) in [6, 6.07) is 5.61. The normalized spacial score (nSPS) is 9.08. The Bertz CT molecular complexity index is 317. The van der Waals surface area contributed by atoms with Crippen LogP contribution in [0.25, 0.3) is 0 Å². The molecule has 1 amide bonds. The summed E-state index contributed by atoms with van der Waals surface area (Å²) in [5, 5.41) is 0. The topological polar surface area (TPSA) is 43.1 Å². The van der Waals surface area contributed by atoms with Crippen molar-refractivity contribution in [2.45, 2.75) is 6.42 Å². The SMILES string of the molecule is Cl.NC(=O)Cc1ccc(Br)c(Br)c1. The zero-order valence-electron chi connectivity index (χ0n) is 6.59. The number of hydrogen-bond acceptors (Lipinski definition) is 1. The number of benzene rings is 1. The minimum Gasteiger partial charge on any atom is -0.369 e. The van der Waals surface area contributed by atoms with Crippen LogP contribution in [-0.2, 0) is 11.2 Å². The Morgan fingerprint density at radius 1 is 1.31 bits per heavy atom. The van der Waals surface area contributed by atoms with Crippen molar-refractivity contribution in [3.63, 3.8) is 0 Å². The number of nitrogens with two attached hydrogens (primary N) is 1. The number of primary amides is 1. The Labute approximate surface area is 99.6 Å². The molecule has 0 fully saturated rings. The van der Waals surface area contributed by atoms with Crippen molar-refractivity contribution < 1.29 is 4.79 Å². The Morgan fingerprint density at radius 2 is 1.92 bits per heavy atom. The van der Waals surface area contributed by atoms with Gasteiger partial charge in [-0.1, -0.05) is 6.07 Å². The minimum atomic E-state index is -0.316. The molecule has 1 rings (SSSR count). The fraction of sp³-hybridized carbons (Fsp3) is 0.125. The zero-order valence-corrected chi connectivity index (χ0v) is 10.6. The van der Waals surface area contributed by atoms with E-state index in [1.54, 1.807) is 0 Å². The molecule has 1 aromatic carbocycles. The summed E-state index contributed by atoms with van der Waals surface area (Å²) in [7, 11) is 0. The van der Waals surface area contributed by atoms with E-state index in [2.05, 4.69) is 31.9 Å². The van der Waals surface area contributed by atoms with Gasteiger partial charge in [0.15, 0.2) is 0 Å². The van der Waals surface area contributed by atoms with Gasteiger partial charge < -0.3 is 5.73 Å². The van der Waals surface area contributed by atoms with Crippen molar-refractivity contribution in [1.82, 2.24) is 0 Å². The number of rotatable bonds is 2. The maximum atomic E-state index is 10.6. The van der Waals surface area contributed by atoms with Crippen LogP contribution < -0.4 is 5.73 Å². The van der Waals surface area contributed by atoms with E-state index in [1.165, 1.54) is 0 Å². The lowest BCUT2D eigenvalue weighted by atomic mass is 10.1. The van der Waals surface area contributed by atoms with E-state index in [9.17, 15) is 4.79 Å². The van der Waals surface area contributed by atoms with E-state index in [1.807, 2.05) is 18.2 Å². The smallest absolute Gasteiger partial charge is 0.221 e. The average Bonchev–Trinajstić information content (AvgIpc) is 1.96. The first-order valence-electron chi connectivity index (χ1n) is 3.32. The molecule has 0 aromatic heterocycles. The van der Waals surface area contributed by atoms with E-state index >= 15 is 0 Å². The van der Waals surface area contributed by atoms with Crippen LogP contribution in [0.4, 0.5) is 0 Å².